The van der Waals surface area contributed by atoms with Crippen molar-refractivity contribution in [1.29, 1.82) is 0 Å². The molecule has 0 spiro atoms. The molecule has 0 radical (unpaired) electrons. The number of aromatic nitrogens is 1. The second-order valence-corrected chi connectivity index (χ2v) is 5.21. The number of hydrogen-bond donors (Lipinski definition) is 0. The fourth-order valence-electron chi connectivity index (χ4n) is 2.24. The predicted octanol–water partition coefficient (Wildman–Crippen LogP) is 3.69. The molecule has 1 amide bonds. The van der Waals surface area contributed by atoms with Gasteiger partial charge in [-0.25, -0.2) is 0 Å². The fourth-order valence-corrected chi connectivity index (χ4v) is 2.52. The zero-order valence-electron chi connectivity index (χ0n) is 12.1. The van der Waals surface area contributed by atoms with E-state index in [4.69, 9.17) is 11.6 Å². The van der Waals surface area contributed by atoms with Crippen LogP contribution in [-0.4, -0.2) is 28.9 Å². The Hall–Kier alpha value is -1.61. The van der Waals surface area contributed by atoms with Crippen LogP contribution < -0.4 is 0 Å². The first-order valence-corrected chi connectivity index (χ1v) is 7.30. The minimum atomic E-state index is -0.638. The van der Waals surface area contributed by atoms with E-state index >= 15 is 0 Å². The first-order valence-electron chi connectivity index (χ1n) is 6.87. The minimum Gasteiger partial charge on any atom is -0.342 e. The van der Waals surface area contributed by atoms with Crippen molar-refractivity contribution in [3.05, 3.63) is 41.6 Å². The number of pyridine rings is 1. The van der Waals surface area contributed by atoms with E-state index in [1.54, 1.807) is 4.90 Å². The maximum absolute atomic E-state index is 12.3. The summed E-state index contributed by atoms with van der Waals surface area (Å²) in [5.41, 5.74) is 2.72. The summed E-state index contributed by atoms with van der Waals surface area (Å²) in [5.74, 6) is -0.0453. The molecule has 1 aromatic heterocycles. The molecule has 106 valence electrons. The first-order chi connectivity index (χ1) is 9.56. The van der Waals surface area contributed by atoms with Crippen molar-refractivity contribution in [2.24, 2.45) is 0 Å². The van der Waals surface area contributed by atoms with Gasteiger partial charge < -0.3 is 4.90 Å². The Bertz CT molecular complexity index is 623. The van der Waals surface area contributed by atoms with Crippen molar-refractivity contribution in [1.82, 2.24) is 9.88 Å². The van der Waals surface area contributed by atoms with Crippen LogP contribution >= 0.6 is 11.6 Å². The van der Waals surface area contributed by atoms with Crippen LogP contribution in [0.3, 0.4) is 0 Å². The molecule has 0 N–H and O–H groups in total. The number of nitrogens with zero attached hydrogens (tertiary/aromatic N) is 2. The van der Waals surface area contributed by atoms with Crippen LogP contribution in [0.15, 0.2) is 30.3 Å². The number of aryl methyl sites for hydroxylation is 1. The van der Waals surface area contributed by atoms with Gasteiger partial charge in [0.05, 0.1) is 5.52 Å². The molecule has 3 nitrogen and oxygen atoms in total. The van der Waals surface area contributed by atoms with Gasteiger partial charge in [0.15, 0.2) is 0 Å². The highest BCUT2D eigenvalue weighted by atomic mass is 35.5. The summed E-state index contributed by atoms with van der Waals surface area (Å²) in [6.07, 6.45) is 0. The van der Waals surface area contributed by atoms with E-state index in [-0.39, 0.29) is 5.91 Å². The van der Waals surface area contributed by atoms with Gasteiger partial charge in [-0.1, -0.05) is 12.1 Å². The van der Waals surface area contributed by atoms with Gasteiger partial charge in [0.1, 0.15) is 5.38 Å². The normalized spacial score (nSPS) is 12.4. The summed E-state index contributed by atoms with van der Waals surface area (Å²) < 4.78 is 0. The number of alkyl halides is 1. The second-order valence-electron chi connectivity index (χ2n) is 4.78. The van der Waals surface area contributed by atoms with Crippen molar-refractivity contribution >= 4 is 28.4 Å². The number of rotatable bonds is 4. The fraction of sp³-hybridized carbons (Fsp3) is 0.375. The lowest BCUT2D eigenvalue weighted by Gasteiger charge is -2.22. The number of halogens is 1. The number of likely N-dealkylation sites (N-methyl/N-ethyl adjacent to an activating group) is 1. The molecule has 1 aromatic carbocycles. The van der Waals surface area contributed by atoms with Gasteiger partial charge in [0.25, 0.3) is 0 Å². The lowest BCUT2D eigenvalue weighted by molar-refractivity contribution is -0.130. The van der Waals surface area contributed by atoms with Crippen molar-refractivity contribution < 1.29 is 4.79 Å². The highest BCUT2D eigenvalue weighted by Gasteiger charge is 2.22. The largest absolute Gasteiger partial charge is 0.342 e. The maximum Gasteiger partial charge on any atom is 0.245 e. The van der Waals surface area contributed by atoms with Gasteiger partial charge in [0, 0.05) is 24.2 Å². The van der Waals surface area contributed by atoms with Crippen molar-refractivity contribution in [2.45, 2.75) is 26.1 Å². The van der Waals surface area contributed by atoms with Gasteiger partial charge in [-0.3, -0.25) is 9.78 Å². The Balaban J connectivity index is 2.33. The summed E-state index contributed by atoms with van der Waals surface area (Å²) in [6.45, 7) is 7.22. The molecule has 1 atom stereocenters. The molecule has 2 rings (SSSR count). The molecule has 1 unspecified atom stereocenters. The SMILES string of the molecule is CCN(CC)C(=O)C(Cl)c1ccc2nc(C)ccc2c1. The van der Waals surface area contributed by atoms with Crippen LogP contribution in [0.5, 0.6) is 0 Å². The zero-order chi connectivity index (χ0) is 14.7. The second kappa shape index (κ2) is 6.23. The monoisotopic (exact) mass is 290 g/mol. The third kappa shape index (κ3) is 2.93. The summed E-state index contributed by atoms with van der Waals surface area (Å²) in [5, 5.41) is 0.367. The topological polar surface area (TPSA) is 33.2 Å². The van der Waals surface area contributed by atoms with Crippen LogP contribution in [-0.2, 0) is 4.79 Å². The highest BCUT2D eigenvalue weighted by molar-refractivity contribution is 6.30. The molecule has 0 aliphatic rings. The first kappa shape index (κ1) is 14.8. The van der Waals surface area contributed by atoms with Gasteiger partial charge in [-0.05, 0) is 44.5 Å². The molecule has 1 heterocycles. The summed E-state index contributed by atoms with van der Waals surface area (Å²) in [4.78, 5) is 18.5. The van der Waals surface area contributed by atoms with Gasteiger partial charge in [0.2, 0.25) is 5.91 Å². The number of fused-ring (bicyclic) bond motifs is 1. The summed E-state index contributed by atoms with van der Waals surface area (Å²) >= 11 is 6.33. The smallest absolute Gasteiger partial charge is 0.245 e. The lowest BCUT2D eigenvalue weighted by atomic mass is 10.1. The van der Waals surface area contributed by atoms with Crippen LogP contribution in [0.2, 0.25) is 0 Å². The molecular formula is C16H19ClN2O. The molecule has 20 heavy (non-hydrogen) atoms. The summed E-state index contributed by atoms with van der Waals surface area (Å²) in [7, 11) is 0. The molecule has 0 bridgehead atoms. The number of amides is 1. The quantitative estimate of drug-likeness (QED) is 0.805. The maximum atomic E-state index is 12.3. The molecule has 2 aromatic rings. The number of carbonyl (C=O) groups is 1. The number of hydrogen-bond acceptors (Lipinski definition) is 2. The van der Waals surface area contributed by atoms with Crippen LogP contribution in [0.25, 0.3) is 10.9 Å². The summed E-state index contributed by atoms with van der Waals surface area (Å²) in [6, 6.07) is 9.71. The third-order valence-corrected chi connectivity index (χ3v) is 3.88. The predicted molar refractivity (Wildman–Crippen MR) is 83.0 cm³/mol. The Morgan fingerprint density at radius 1 is 1.25 bits per heavy atom. The average Bonchev–Trinajstić information content (AvgIpc) is 2.47. The van der Waals surface area contributed by atoms with E-state index in [1.165, 1.54) is 0 Å². The Morgan fingerprint density at radius 2 is 1.95 bits per heavy atom. The average molecular weight is 291 g/mol. The van der Waals surface area contributed by atoms with Gasteiger partial charge in [-0.2, -0.15) is 0 Å². The van der Waals surface area contributed by atoms with E-state index in [1.807, 2.05) is 51.1 Å². The standard InChI is InChI=1S/C16H19ClN2O/c1-4-19(5-2)16(20)15(17)13-8-9-14-12(10-13)7-6-11(3)18-14/h6-10,15H,4-5H2,1-3H3. The minimum absolute atomic E-state index is 0.0453. The molecule has 0 saturated carbocycles. The molecule has 0 aliphatic heterocycles. The van der Waals surface area contributed by atoms with Crippen molar-refractivity contribution in [3.8, 4) is 0 Å². The molecule has 4 heteroatoms. The number of benzene rings is 1. The van der Waals surface area contributed by atoms with Crippen LogP contribution in [0, 0.1) is 6.92 Å². The zero-order valence-corrected chi connectivity index (χ0v) is 12.8. The van der Waals surface area contributed by atoms with E-state index in [0.29, 0.717) is 13.1 Å². The lowest BCUT2D eigenvalue weighted by Crippen LogP contribution is -2.33. The van der Waals surface area contributed by atoms with E-state index < -0.39 is 5.38 Å². The van der Waals surface area contributed by atoms with Gasteiger partial charge in [-0.15, -0.1) is 11.6 Å². The third-order valence-electron chi connectivity index (χ3n) is 3.44. The molecular weight excluding hydrogens is 272 g/mol. The van der Waals surface area contributed by atoms with Crippen LogP contribution in [0.1, 0.15) is 30.5 Å². The Kier molecular flexibility index (Phi) is 4.61. The number of carbonyl (C=O) groups excluding carboxylic acids is 1. The Labute approximate surface area is 124 Å². The van der Waals surface area contributed by atoms with E-state index in [2.05, 4.69) is 4.98 Å². The van der Waals surface area contributed by atoms with Crippen molar-refractivity contribution in [2.75, 3.05) is 13.1 Å². The van der Waals surface area contributed by atoms with Crippen LogP contribution in [0.4, 0.5) is 0 Å². The van der Waals surface area contributed by atoms with E-state index in [9.17, 15) is 4.79 Å². The Morgan fingerprint density at radius 3 is 2.60 bits per heavy atom. The van der Waals surface area contributed by atoms with Crippen molar-refractivity contribution in [3.63, 3.8) is 0 Å². The molecule has 0 aliphatic carbocycles. The highest BCUT2D eigenvalue weighted by Crippen LogP contribution is 2.26. The van der Waals surface area contributed by atoms with Gasteiger partial charge >= 0.3 is 0 Å². The molecule has 0 saturated heterocycles. The van der Waals surface area contributed by atoms with E-state index in [0.717, 1.165) is 22.2 Å². The molecule has 0 fully saturated rings.